The van der Waals surface area contributed by atoms with E-state index in [0.29, 0.717) is 17.6 Å². The first kappa shape index (κ1) is 11.9. The lowest BCUT2D eigenvalue weighted by Gasteiger charge is -2.34. The summed E-state index contributed by atoms with van der Waals surface area (Å²) in [4.78, 5) is 11.7. The summed E-state index contributed by atoms with van der Waals surface area (Å²) < 4.78 is 4.78. The molecular weight excluding hydrogens is 216 g/mol. The number of nitrogens with one attached hydrogen (secondary N) is 1. The maximum absolute atomic E-state index is 11.7. The fraction of sp³-hybridized carbons (Fsp3) is 0.462. The minimum atomic E-state index is -0.306. The van der Waals surface area contributed by atoms with Gasteiger partial charge >= 0.3 is 5.97 Å². The summed E-state index contributed by atoms with van der Waals surface area (Å²) >= 11 is 0. The molecule has 1 aromatic rings. The van der Waals surface area contributed by atoms with Gasteiger partial charge in [0.1, 0.15) is 0 Å². The maximum atomic E-state index is 11.7. The van der Waals surface area contributed by atoms with Crippen molar-refractivity contribution in [3.05, 3.63) is 29.3 Å². The highest BCUT2D eigenvalue weighted by Crippen LogP contribution is 2.25. The van der Waals surface area contributed by atoms with E-state index in [1.807, 2.05) is 25.1 Å². The van der Waals surface area contributed by atoms with Crippen LogP contribution in [0.2, 0.25) is 0 Å². The minimum absolute atomic E-state index is 0.291. The third-order valence-corrected chi connectivity index (χ3v) is 3.11. The number of esters is 1. The second kappa shape index (κ2) is 4.75. The van der Waals surface area contributed by atoms with E-state index in [2.05, 4.69) is 5.32 Å². The lowest BCUT2D eigenvalue weighted by molar-refractivity contribution is 0.0601. The molecule has 0 aromatic heterocycles. The molecule has 0 radical (unpaired) electrons. The highest BCUT2D eigenvalue weighted by Gasteiger charge is 2.26. The number of carbonyl (C=O) groups excluding carboxylic acids is 1. The van der Waals surface area contributed by atoms with Crippen LogP contribution in [0.25, 0.3) is 0 Å². The van der Waals surface area contributed by atoms with E-state index in [9.17, 15) is 4.79 Å². The van der Waals surface area contributed by atoms with Crippen molar-refractivity contribution in [2.75, 3.05) is 12.4 Å². The number of aryl methyl sites for hydroxylation is 1. The first-order chi connectivity index (χ1) is 8.10. The average molecular weight is 234 g/mol. The molecule has 0 bridgehead atoms. The van der Waals surface area contributed by atoms with Gasteiger partial charge in [-0.1, -0.05) is 11.6 Å². The quantitative estimate of drug-likeness (QED) is 0.781. The number of nitrogens with two attached hydrogens (primary N) is 1. The summed E-state index contributed by atoms with van der Waals surface area (Å²) in [5, 5.41) is 3.34. The lowest BCUT2D eigenvalue weighted by Crippen LogP contribution is -2.44. The van der Waals surface area contributed by atoms with E-state index in [-0.39, 0.29) is 5.97 Å². The van der Waals surface area contributed by atoms with Gasteiger partial charge in [0.05, 0.1) is 12.7 Å². The normalized spacial score (nSPS) is 22.8. The molecule has 1 saturated carbocycles. The second-order valence-corrected chi connectivity index (χ2v) is 4.61. The van der Waals surface area contributed by atoms with Gasteiger partial charge in [-0.2, -0.15) is 0 Å². The van der Waals surface area contributed by atoms with Crippen molar-refractivity contribution in [3.63, 3.8) is 0 Å². The SMILES string of the molecule is COC(=O)c1cc(C)ccc1NC1CC(N)C1. The van der Waals surface area contributed by atoms with Crippen molar-refractivity contribution < 1.29 is 9.53 Å². The second-order valence-electron chi connectivity index (χ2n) is 4.61. The van der Waals surface area contributed by atoms with Crippen LogP contribution in [0.4, 0.5) is 5.69 Å². The fourth-order valence-electron chi connectivity index (χ4n) is 2.06. The first-order valence-corrected chi connectivity index (χ1v) is 5.81. The molecule has 0 heterocycles. The van der Waals surface area contributed by atoms with Gasteiger partial charge < -0.3 is 15.8 Å². The van der Waals surface area contributed by atoms with Crippen LogP contribution in [-0.4, -0.2) is 25.2 Å². The Labute approximate surface area is 101 Å². The number of rotatable bonds is 3. The van der Waals surface area contributed by atoms with Crippen LogP contribution in [0.3, 0.4) is 0 Å². The van der Waals surface area contributed by atoms with Crippen LogP contribution in [0.1, 0.15) is 28.8 Å². The Morgan fingerprint density at radius 2 is 2.18 bits per heavy atom. The number of methoxy groups -OCH3 is 1. The monoisotopic (exact) mass is 234 g/mol. The molecule has 92 valence electrons. The molecule has 2 rings (SSSR count). The molecule has 1 aromatic carbocycles. The Morgan fingerprint density at radius 3 is 2.76 bits per heavy atom. The third kappa shape index (κ3) is 2.58. The number of benzene rings is 1. The predicted molar refractivity (Wildman–Crippen MR) is 67.1 cm³/mol. The highest BCUT2D eigenvalue weighted by atomic mass is 16.5. The van der Waals surface area contributed by atoms with Gasteiger partial charge in [-0.05, 0) is 31.9 Å². The van der Waals surface area contributed by atoms with Crippen LogP contribution in [0.5, 0.6) is 0 Å². The van der Waals surface area contributed by atoms with E-state index in [1.165, 1.54) is 7.11 Å². The molecule has 0 aliphatic heterocycles. The first-order valence-electron chi connectivity index (χ1n) is 5.81. The fourth-order valence-corrected chi connectivity index (χ4v) is 2.06. The average Bonchev–Trinajstić information content (AvgIpc) is 2.28. The summed E-state index contributed by atoms with van der Waals surface area (Å²) in [6, 6.07) is 6.40. The van der Waals surface area contributed by atoms with Crippen molar-refractivity contribution in [1.82, 2.24) is 0 Å². The van der Waals surface area contributed by atoms with Gasteiger partial charge in [0, 0.05) is 17.8 Å². The van der Waals surface area contributed by atoms with Crippen molar-refractivity contribution in [3.8, 4) is 0 Å². The number of hydrogen-bond acceptors (Lipinski definition) is 4. The van der Waals surface area contributed by atoms with Gasteiger partial charge in [0.25, 0.3) is 0 Å². The van der Waals surface area contributed by atoms with Gasteiger partial charge in [-0.3, -0.25) is 0 Å². The summed E-state index contributed by atoms with van der Waals surface area (Å²) in [5.74, 6) is -0.306. The molecule has 0 saturated heterocycles. The molecule has 0 unspecified atom stereocenters. The summed E-state index contributed by atoms with van der Waals surface area (Å²) in [6.07, 6.45) is 1.91. The van der Waals surface area contributed by atoms with Crippen molar-refractivity contribution in [1.29, 1.82) is 0 Å². The molecule has 1 fully saturated rings. The van der Waals surface area contributed by atoms with Gasteiger partial charge in [-0.25, -0.2) is 4.79 Å². The minimum Gasteiger partial charge on any atom is -0.465 e. The van der Waals surface area contributed by atoms with Crippen molar-refractivity contribution in [2.24, 2.45) is 5.73 Å². The molecule has 1 aliphatic rings. The van der Waals surface area contributed by atoms with E-state index < -0.39 is 0 Å². The lowest BCUT2D eigenvalue weighted by atomic mass is 9.87. The zero-order chi connectivity index (χ0) is 12.4. The van der Waals surface area contributed by atoms with Gasteiger partial charge in [0.15, 0.2) is 0 Å². The molecule has 0 spiro atoms. The molecule has 1 aliphatic carbocycles. The smallest absolute Gasteiger partial charge is 0.339 e. The number of anilines is 1. The van der Waals surface area contributed by atoms with E-state index in [0.717, 1.165) is 24.1 Å². The van der Waals surface area contributed by atoms with Crippen molar-refractivity contribution >= 4 is 11.7 Å². The molecule has 4 heteroatoms. The third-order valence-electron chi connectivity index (χ3n) is 3.11. The Hall–Kier alpha value is -1.55. The van der Waals surface area contributed by atoms with Gasteiger partial charge in [-0.15, -0.1) is 0 Å². The Kier molecular flexibility index (Phi) is 3.33. The number of carbonyl (C=O) groups is 1. The Bertz CT molecular complexity index is 425. The highest BCUT2D eigenvalue weighted by molar-refractivity contribution is 5.95. The van der Waals surface area contributed by atoms with Crippen LogP contribution in [0.15, 0.2) is 18.2 Å². The summed E-state index contributed by atoms with van der Waals surface area (Å²) in [5.41, 5.74) is 8.21. The van der Waals surface area contributed by atoms with Crippen LogP contribution in [-0.2, 0) is 4.74 Å². The van der Waals surface area contributed by atoms with E-state index in [1.54, 1.807) is 0 Å². The number of hydrogen-bond donors (Lipinski definition) is 2. The van der Waals surface area contributed by atoms with Crippen LogP contribution < -0.4 is 11.1 Å². The molecule has 3 N–H and O–H groups in total. The largest absolute Gasteiger partial charge is 0.465 e. The topological polar surface area (TPSA) is 64.3 Å². The van der Waals surface area contributed by atoms with Crippen LogP contribution in [0, 0.1) is 6.92 Å². The number of ether oxygens (including phenoxy) is 1. The Balaban J connectivity index is 2.17. The van der Waals surface area contributed by atoms with E-state index >= 15 is 0 Å². The van der Waals surface area contributed by atoms with Gasteiger partial charge in [0.2, 0.25) is 0 Å². The summed E-state index contributed by atoms with van der Waals surface area (Å²) in [6.45, 7) is 1.95. The molecular formula is C13H18N2O2. The van der Waals surface area contributed by atoms with Crippen LogP contribution >= 0.6 is 0 Å². The molecule has 0 atom stereocenters. The Morgan fingerprint density at radius 1 is 1.47 bits per heavy atom. The standard InChI is InChI=1S/C13H18N2O2/c1-8-3-4-12(11(5-8)13(16)17-2)15-10-6-9(14)7-10/h3-5,9-10,15H,6-7,14H2,1-2H3. The molecule has 0 amide bonds. The van der Waals surface area contributed by atoms with E-state index in [4.69, 9.17) is 10.5 Å². The molecule has 4 nitrogen and oxygen atoms in total. The zero-order valence-corrected chi connectivity index (χ0v) is 10.2. The maximum Gasteiger partial charge on any atom is 0.339 e. The molecule has 17 heavy (non-hydrogen) atoms. The van der Waals surface area contributed by atoms with Crippen molar-refractivity contribution in [2.45, 2.75) is 31.8 Å². The summed E-state index contributed by atoms with van der Waals surface area (Å²) in [7, 11) is 1.40. The zero-order valence-electron chi connectivity index (χ0n) is 10.2. The predicted octanol–water partition coefficient (Wildman–Crippen LogP) is 1.68.